The molecule has 0 unspecified atom stereocenters. The van der Waals surface area contributed by atoms with E-state index in [1.807, 2.05) is 42.5 Å². The SMILES string of the molecule is COc1ccc(-c2[nH]ncc2C(=O)Nc2c(C)n(C)n(-c3ccccc3)c2=O)cc1. The van der Waals surface area contributed by atoms with Gasteiger partial charge in [0, 0.05) is 12.6 Å². The number of carbonyl (C=O) groups excluding carboxylic acids is 1. The van der Waals surface area contributed by atoms with Crippen molar-refractivity contribution in [1.82, 2.24) is 19.6 Å². The molecule has 152 valence electrons. The lowest BCUT2D eigenvalue weighted by atomic mass is 10.1. The second kappa shape index (κ2) is 7.75. The van der Waals surface area contributed by atoms with Gasteiger partial charge in [-0.1, -0.05) is 18.2 Å². The van der Waals surface area contributed by atoms with E-state index in [0.29, 0.717) is 22.7 Å². The van der Waals surface area contributed by atoms with E-state index in [-0.39, 0.29) is 11.2 Å². The van der Waals surface area contributed by atoms with Gasteiger partial charge in [-0.3, -0.25) is 19.4 Å². The van der Waals surface area contributed by atoms with Gasteiger partial charge in [-0.15, -0.1) is 0 Å². The van der Waals surface area contributed by atoms with Crippen LogP contribution in [-0.4, -0.2) is 32.6 Å². The molecular formula is C22H21N5O3. The predicted molar refractivity (Wildman–Crippen MR) is 114 cm³/mol. The lowest BCUT2D eigenvalue weighted by Crippen LogP contribution is -2.23. The molecule has 2 aromatic carbocycles. The van der Waals surface area contributed by atoms with Crippen LogP contribution in [0.1, 0.15) is 16.1 Å². The summed E-state index contributed by atoms with van der Waals surface area (Å²) < 4.78 is 8.41. The Kier molecular flexibility index (Phi) is 4.97. The van der Waals surface area contributed by atoms with E-state index in [4.69, 9.17) is 4.74 Å². The minimum absolute atomic E-state index is 0.230. The molecular weight excluding hydrogens is 382 g/mol. The fraction of sp³-hybridized carbons (Fsp3) is 0.136. The summed E-state index contributed by atoms with van der Waals surface area (Å²) in [6.45, 7) is 1.79. The van der Waals surface area contributed by atoms with Crippen molar-refractivity contribution in [3.8, 4) is 22.7 Å². The fourth-order valence-electron chi connectivity index (χ4n) is 3.33. The summed E-state index contributed by atoms with van der Waals surface area (Å²) in [5.74, 6) is 0.297. The molecule has 8 nitrogen and oxygen atoms in total. The Morgan fingerprint density at radius 1 is 1.10 bits per heavy atom. The Labute approximate surface area is 172 Å². The Morgan fingerprint density at radius 2 is 1.80 bits per heavy atom. The Morgan fingerprint density at radius 3 is 2.47 bits per heavy atom. The van der Waals surface area contributed by atoms with E-state index in [2.05, 4.69) is 15.5 Å². The Bertz CT molecular complexity index is 1250. The topological polar surface area (TPSA) is 93.9 Å². The number of benzene rings is 2. The standard InChI is InChI=1S/C22H21N5O3/c1-14-19(22(29)27(26(14)2)16-7-5-4-6-8-16)24-21(28)18-13-23-25-20(18)15-9-11-17(30-3)12-10-15/h4-13H,1-3H3,(H,23,25)(H,24,28). The van der Waals surface area contributed by atoms with Crippen molar-refractivity contribution in [3.63, 3.8) is 0 Å². The van der Waals surface area contributed by atoms with Gasteiger partial charge in [-0.2, -0.15) is 5.10 Å². The smallest absolute Gasteiger partial charge is 0.295 e. The predicted octanol–water partition coefficient (Wildman–Crippen LogP) is 3.14. The lowest BCUT2D eigenvalue weighted by molar-refractivity contribution is 0.102. The summed E-state index contributed by atoms with van der Waals surface area (Å²) in [6.07, 6.45) is 1.45. The Balaban J connectivity index is 1.68. The number of carbonyl (C=O) groups is 1. The summed E-state index contributed by atoms with van der Waals surface area (Å²) >= 11 is 0. The number of nitrogens with zero attached hydrogens (tertiary/aromatic N) is 3. The number of anilines is 1. The van der Waals surface area contributed by atoms with Crippen molar-refractivity contribution in [3.05, 3.63) is 82.4 Å². The maximum absolute atomic E-state index is 13.0. The molecule has 0 radical (unpaired) electrons. The van der Waals surface area contributed by atoms with E-state index in [1.54, 1.807) is 37.9 Å². The van der Waals surface area contributed by atoms with Crippen LogP contribution in [-0.2, 0) is 7.05 Å². The van der Waals surface area contributed by atoms with Gasteiger partial charge in [0.25, 0.3) is 11.5 Å². The quantitative estimate of drug-likeness (QED) is 0.535. The zero-order valence-electron chi connectivity index (χ0n) is 16.8. The normalized spacial score (nSPS) is 10.8. The number of H-pyrrole nitrogens is 1. The summed E-state index contributed by atoms with van der Waals surface area (Å²) in [7, 11) is 3.37. The molecule has 4 aromatic rings. The zero-order valence-corrected chi connectivity index (χ0v) is 16.8. The molecule has 0 saturated carbocycles. The molecule has 2 heterocycles. The third-order valence-corrected chi connectivity index (χ3v) is 5.06. The van der Waals surface area contributed by atoms with Crippen molar-refractivity contribution >= 4 is 11.6 Å². The fourth-order valence-corrected chi connectivity index (χ4v) is 3.33. The van der Waals surface area contributed by atoms with Gasteiger partial charge in [0.05, 0.1) is 35.9 Å². The molecule has 0 bridgehead atoms. The first-order valence-electron chi connectivity index (χ1n) is 9.34. The van der Waals surface area contributed by atoms with Gasteiger partial charge in [-0.25, -0.2) is 4.68 Å². The number of hydrogen-bond acceptors (Lipinski definition) is 4. The minimum atomic E-state index is -0.416. The summed E-state index contributed by atoms with van der Waals surface area (Å²) in [5, 5.41) is 9.64. The third kappa shape index (κ3) is 3.28. The maximum Gasteiger partial charge on any atom is 0.295 e. The second-order valence-electron chi connectivity index (χ2n) is 6.78. The van der Waals surface area contributed by atoms with E-state index < -0.39 is 5.91 Å². The number of amides is 1. The molecule has 2 aromatic heterocycles. The highest BCUT2D eigenvalue weighted by Gasteiger charge is 2.21. The molecule has 30 heavy (non-hydrogen) atoms. The number of para-hydroxylation sites is 1. The molecule has 0 aliphatic carbocycles. The van der Waals surface area contributed by atoms with Gasteiger partial charge in [0.2, 0.25) is 0 Å². The van der Waals surface area contributed by atoms with Crippen LogP contribution < -0.4 is 15.6 Å². The van der Waals surface area contributed by atoms with Crippen molar-refractivity contribution < 1.29 is 9.53 Å². The van der Waals surface area contributed by atoms with Crippen molar-refractivity contribution in [1.29, 1.82) is 0 Å². The average Bonchev–Trinajstić information content (AvgIpc) is 3.34. The highest BCUT2D eigenvalue weighted by atomic mass is 16.5. The molecule has 0 spiro atoms. The monoisotopic (exact) mass is 403 g/mol. The van der Waals surface area contributed by atoms with E-state index >= 15 is 0 Å². The van der Waals surface area contributed by atoms with Crippen LogP contribution in [0.2, 0.25) is 0 Å². The molecule has 0 aliphatic rings. The lowest BCUT2D eigenvalue weighted by Gasteiger charge is -2.07. The molecule has 0 aliphatic heterocycles. The third-order valence-electron chi connectivity index (χ3n) is 5.06. The molecule has 1 amide bonds. The molecule has 2 N–H and O–H groups in total. The van der Waals surface area contributed by atoms with Gasteiger partial charge >= 0.3 is 0 Å². The summed E-state index contributed by atoms with van der Waals surface area (Å²) in [5.41, 5.74) is 2.98. The molecule has 0 atom stereocenters. The number of aromatic amines is 1. The first-order valence-corrected chi connectivity index (χ1v) is 9.34. The van der Waals surface area contributed by atoms with Crippen LogP contribution in [0.25, 0.3) is 16.9 Å². The number of ether oxygens (including phenoxy) is 1. The van der Waals surface area contributed by atoms with Crippen molar-refractivity contribution in [2.45, 2.75) is 6.92 Å². The number of hydrogen-bond donors (Lipinski definition) is 2. The molecule has 0 saturated heterocycles. The van der Waals surface area contributed by atoms with Crippen molar-refractivity contribution in [2.75, 3.05) is 12.4 Å². The van der Waals surface area contributed by atoms with Crippen LogP contribution >= 0.6 is 0 Å². The summed E-state index contributed by atoms with van der Waals surface area (Å²) in [4.78, 5) is 26.0. The molecule has 8 heteroatoms. The number of rotatable bonds is 5. The maximum atomic E-state index is 13.0. The number of aromatic nitrogens is 4. The molecule has 4 rings (SSSR count). The second-order valence-corrected chi connectivity index (χ2v) is 6.78. The van der Waals surface area contributed by atoms with Gasteiger partial charge in [-0.05, 0) is 43.3 Å². The van der Waals surface area contributed by atoms with Gasteiger partial charge in [0.15, 0.2) is 0 Å². The number of methoxy groups -OCH3 is 1. The largest absolute Gasteiger partial charge is 0.497 e. The van der Waals surface area contributed by atoms with Crippen LogP contribution in [0, 0.1) is 6.92 Å². The number of nitrogens with one attached hydrogen (secondary N) is 2. The average molecular weight is 403 g/mol. The first-order chi connectivity index (χ1) is 14.5. The van der Waals surface area contributed by atoms with E-state index in [9.17, 15) is 9.59 Å². The highest BCUT2D eigenvalue weighted by molar-refractivity contribution is 6.08. The van der Waals surface area contributed by atoms with E-state index in [0.717, 1.165) is 11.3 Å². The Hall–Kier alpha value is -4.07. The van der Waals surface area contributed by atoms with Crippen LogP contribution in [0.15, 0.2) is 65.6 Å². The van der Waals surface area contributed by atoms with Gasteiger partial charge in [0.1, 0.15) is 11.4 Å². The van der Waals surface area contributed by atoms with Crippen LogP contribution in [0.3, 0.4) is 0 Å². The zero-order chi connectivity index (χ0) is 21.3. The van der Waals surface area contributed by atoms with Crippen LogP contribution in [0.4, 0.5) is 5.69 Å². The summed E-state index contributed by atoms with van der Waals surface area (Å²) in [6, 6.07) is 16.5. The highest BCUT2D eigenvalue weighted by Crippen LogP contribution is 2.24. The van der Waals surface area contributed by atoms with E-state index in [1.165, 1.54) is 10.9 Å². The van der Waals surface area contributed by atoms with Crippen LogP contribution in [0.5, 0.6) is 5.75 Å². The first kappa shape index (κ1) is 19.3. The van der Waals surface area contributed by atoms with Gasteiger partial charge < -0.3 is 10.1 Å². The molecule has 0 fully saturated rings. The van der Waals surface area contributed by atoms with Crippen molar-refractivity contribution in [2.24, 2.45) is 7.05 Å². The minimum Gasteiger partial charge on any atom is -0.497 e.